The van der Waals surface area contributed by atoms with Crippen LogP contribution in [0.1, 0.15) is 67.5 Å². The number of para-hydroxylation sites is 2. The van der Waals surface area contributed by atoms with Crippen molar-refractivity contribution < 1.29 is 0 Å². The Hall–Kier alpha value is -8.98. The summed E-state index contributed by atoms with van der Waals surface area (Å²) in [5.74, 6) is 0.128. The predicted molar refractivity (Wildman–Crippen MR) is 294 cm³/mol. The van der Waals surface area contributed by atoms with Crippen molar-refractivity contribution in [1.29, 1.82) is 0 Å². The lowest BCUT2D eigenvalue weighted by Crippen LogP contribution is -2.31. The fourth-order valence-corrected chi connectivity index (χ4v) is 13.3. The van der Waals surface area contributed by atoms with Gasteiger partial charge in [-0.25, -0.2) is 0 Å². The van der Waals surface area contributed by atoms with E-state index in [4.69, 9.17) is 0 Å². The Morgan fingerprint density at radius 3 is 1.21 bits per heavy atom. The summed E-state index contributed by atoms with van der Waals surface area (Å²) in [7, 11) is 0. The van der Waals surface area contributed by atoms with E-state index in [1.54, 1.807) is 0 Å². The molecule has 3 aliphatic carbocycles. The van der Waals surface area contributed by atoms with Gasteiger partial charge in [0.15, 0.2) is 0 Å². The summed E-state index contributed by atoms with van der Waals surface area (Å²) in [5.41, 5.74) is 22.5. The zero-order valence-electron chi connectivity index (χ0n) is 39.0. The minimum Gasteiger partial charge on any atom is -0.309 e. The molecule has 0 N–H and O–H groups in total. The van der Waals surface area contributed by atoms with Crippen molar-refractivity contribution in [3.05, 3.63) is 323 Å². The molecule has 2 heterocycles. The summed E-state index contributed by atoms with van der Waals surface area (Å²) in [5, 5.41) is 5.27. The molecule has 332 valence electrons. The molecule has 0 amide bonds. The molecule has 2 bridgehead atoms. The maximum atomic E-state index is 2.54. The number of nitrogens with zero attached hydrogens (tertiary/aromatic N) is 2. The normalized spacial score (nSPS) is 14.8. The second-order valence-corrected chi connectivity index (χ2v) is 19.4. The first-order chi connectivity index (χ1) is 35.3. The topological polar surface area (TPSA) is 9.86 Å². The van der Waals surface area contributed by atoms with Gasteiger partial charge in [0.2, 0.25) is 0 Å². The maximum absolute atomic E-state index is 2.54. The average molecular weight is 903 g/mol. The monoisotopic (exact) mass is 902 g/mol. The number of aromatic nitrogens is 2. The highest BCUT2D eigenvalue weighted by Crippen LogP contribution is 2.60. The highest BCUT2D eigenvalue weighted by Gasteiger charge is 2.45. The molecule has 0 aliphatic heterocycles. The third-order valence-electron chi connectivity index (χ3n) is 16.0. The Labute approximate surface area is 413 Å². The number of rotatable bonds is 7. The van der Waals surface area contributed by atoms with Crippen LogP contribution < -0.4 is 0 Å². The van der Waals surface area contributed by atoms with E-state index in [1.807, 2.05) is 0 Å². The van der Waals surface area contributed by atoms with Crippen LogP contribution in [0.4, 0.5) is 0 Å². The fourth-order valence-electron chi connectivity index (χ4n) is 13.3. The van der Waals surface area contributed by atoms with Gasteiger partial charge in [-0.3, -0.25) is 0 Å². The molecule has 2 atom stereocenters. The molecule has 2 aromatic heterocycles. The molecule has 0 radical (unpaired) electrons. The van der Waals surface area contributed by atoms with Crippen molar-refractivity contribution in [2.75, 3.05) is 0 Å². The molecule has 0 spiro atoms. The summed E-state index contributed by atoms with van der Waals surface area (Å²) in [6.07, 6.45) is 0. The predicted octanol–water partition coefficient (Wildman–Crippen LogP) is 16.9. The second-order valence-electron chi connectivity index (χ2n) is 19.4. The van der Waals surface area contributed by atoms with Crippen LogP contribution >= 0.6 is 0 Å². The van der Waals surface area contributed by atoms with E-state index in [9.17, 15) is 0 Å². The first-order valence-corrected chi connectivity index (χ1v) is 24.9. The standard InChI is InChI=1S/C69H46N2/c1-5-21-45(22-6-1)46-23-19-31-51(43-46)70-59-37-17-15-35-55(59)64-61(70)41-39-57-63-53-33-13-14-34-54(53)66(67(57)64)68-58(63)40-42-62-65(68)56-36-16-18-38-60(56)71(62)52-32-20-30-50(44-52)69(47-24-7-2-8-25-47,48-26-9-3-10-27-48)49-28-11-4-12-29-49/h1-44,63,66H. The largest absolute Gasteiger partial charge is 0.309 e. The molecule has 2 nitrogen and oxygen atoms in total. The van der Waals surface area contributed by atoms with Crippen LogP contribution in [0.15, 0.2) is 267 Å². The second kappa shape index (κ2) is 15.5. The summed E-state index contributed by atoms with van der Waals surface area (Å²) in [6, 6.07) is 99.6. The van der Waals surface area contributed by atoms with E-state index in [0.717, 1.165) is 5.69 Å². The van der Waals surface area contributed by atoms with Crippen LogP contribution in [-0.4, -0.2) is 9.13 Å². The molecule has 16 rings (SSSR count). The third-order valence-corrected chi connectivity index (χ3v) is 16.0. The maximum Gasteiger partial charge on any atom is 0.0702 e. The van der Waals surface area contributed by atoms with Gasteiger partial charge in [0.1, 0.15) is 0 Å². The van der Waals surface area contributed by atoms with Crippen molar-refractivity contribution in [1.82, 2.24) is 9.13 Å². The van der Waals surface area contributed by atoms with E-state index in [1.165, 1.54) is 116 Å². The molecular formula is C69H46N2. The number of benzene rings is 11. The minimum atomic E-state index is -0.572. The van der Waals surface area contributed by atoms with Gasteiger partial charge in [-0.1, -0.05) is 218 Å². The molecule has 0 saturated carbocycles. The first-order valence-electron chi connectivity index (χ1n) is 24.9. The van der Waals surface area contributed by atoms with Crippen LogP contribution in [0.2, 0.25) is 0 Å². The van der Waals surface area contributed by atoms with Gasteiger partial charge in [0.05, 0.1) is 27.5 Å². The quantitative estimate of drug-likeness (QED) is 0.141. The molecule has 0 fully saturated rings. The van der Waals surface area contributed by atoms with Gasteiger partial charge in [0, 0.05) is 44.8 Å². The fraction of sp³-hybridized carbons (Fsp3) is 0.0435. The van der Waals surface area contributed by atoms with Gasteiger partial charge >= 0.3 is 0 Å². The van der Waals surface area contributed by atoms with E-state index >= 15 is 0 Å². The Balaban J connectivity index is 0.991. The van der Waals surface area contributed by atoms with Crippen LogP contribution in [0.25, 0.3) is 66.1 Å². The lowest BCUT2D eigenvalue weighted by atomic mass is 9.59. The van der Waals surface area contributed by atoms with Crippen molar-refractivity contribution >= 4 is 43.6 Å². The number of fused-ring (bicyclic) bond motifs is 6. The molecule has 3 aliphatic rings. The van der Waals surface area contributed by atoms with Crippen LogP contribution in [0.5, 0.6) is 0 Å². The van der Waals surface area contributed by atoms with Crippen LogP contribution in [0.3, 0.4) is 0 Å². The zero-order valence-corrected chi connectivity index (χ0v) is 39.0. The Kier molecular flexibility index (Phi) is 8.73. The minimum absolute atomic E-state index is 0.0241. The summed E-state index contributed by atoms with van der Waals surface area (Å²) in [4.78, 5) is 0. The zero-order chi connectivity index (χ0) is 46.6. The molecule has 71 heavy (non-hydrogen) atoms. The smallest absolute Gasteiger partial charge is 0.0702 e. The molecule has 2 unspecified atom stereocenters. The van der Waals surface area contributed by atoms with Crippen molar-refractivity contribution in [3.8, 4) is 22.5 Å². The SMILES string of the molecule is c1ccc(-c2cccc(-n3c4ccccc4c4c5c(ccc43)C3c4ccccc4C5c4c3ccc3c4c4ccccc4n3-c3cccc(C(c4ccccc4)(c4ccccc4)c4ccccc4)c3)c2)cc1. The first kappa shape index (κ1) is 40.0. The van der Waals surface area contributed by atoms with E-state index in [0.29, 0.717) is 0 Å². The van der Waals surface area contributed by atoms with Crippen LogP contribution in [0, 0.1) is 0 Å². The van der Waals surface area contributed by atoms with E-state index < -0.39 is 5.41 Å². The van der Waals surface area contributed by atoms with Crippen molar-refractivity contribution in [3.63, 3.8) is 0 Å². The van der Waals surface area contributed by atoms with Gasteiger partial charge in [-0.15, -0.1) is 0 Å². The average Bonchev–Trinajstić information content (AvgIpc) is 3.98. The van der Waals surface area contributed by atoms with Crippen molar-refractivity contribution in [2.45, 2.75) is 17.3 Å². The van der Waals surface area contributed by atoms with E-state index in [2.05, 4.69) is 276 Å². The number of hydrogen-bond donors (Lipinski definition) is 0. The summed E-state index contributed by atoms with van der Waals surface area (Å²) >= 11 is 0. The van der Waals surface area contributed by atoms with Gasteiger partial charge in [0.25, 0.3) is 0 Å². The molecular weight excluding hydrogens is 857 g/mol. The lowest BCUT2D eigenvalue weighted by molar-refractivity contribution is 0.744. The van der Waals surface area contributed by atoms with Gasteiger partial charge in [-0.2, -0.15) is 0 Å². The Bertz CT molecular complexity index is 4120. The van der Waals surface area contributed by atoms with E-state index in [-0.39, 0.29) is 11.8 Å². The Morgan fingerprint density at radius 2 is 0.676 bits per heavy atom. The highest BCUT2D eigenvalue weighted by molar-refractivity contribution is 6.15. The summed E-state index contributed by atoms with van der Waals surface area (Å²) in [6.45, 7) is 0. The number of hydrogen-bond acceptors (Lipinski definition) is 0. The summed E-state index contributed by atoms with van der Waals surface area (Å²) < 4.78 is 5.05. The van der Waals surface area contributed by atoms with Crippen molar-refractivity contribution in [2.24, 2.45) is 0 Å². The third kappa shape index (κ3) is 5.65. The van der Waals surface area contributed by atoms with Gasteiger partial charge in [-0.05, 0) is 115 Å². The molecule has 2 heteroatoms. The Morgan fingerprint density at radius 1 is 0.268 bits per heavy atom. The van der Waals surface area contributed by atoms with Crippen LogP contribution in [-0.2, 0) is 5.41 Å². The highest BCUT2D eigenvalue weighted by atomic mass is 15.0. The van der Waals surface area contributed by atoms with Gasteiger partial charge < -0.3 is 9.13 Å². The molecule has 0 saturated heterocycles. The molecule has 13 aromatic rings. The molecule has 11 aromatic carbocycles. The lowest BCUT2D eigenvalue weighted by Gasteiger charge is -2.43.